The van der Waals surface area contributed by atoms with Crippen molar-refractivity contribution in [3.8, 4) is 0 Å². The Morgan fingerprint density at radius 3 is 2.75 bits per heavy atom. The molecule has 1 aliphatic heterocycles. The highest BCUT2D eigenvalue weighted by molar-refractivity contribution is 7.08. The fourth-order valence-electron chi connectivity index (χ4n) is 2.62. The lowest BCUT2D eigenvalue weighted by molar-refractivity contribution is 0.0954. The van der Waals surface area contributed by atoms with Gasteiger partial charge in [0, 0.05) is 10.9 Å². The fourth-order valence-corrected chi connectivity index (χ4v) is 3.26. The molecular formula is C17H12O2S. The Kier molecular flexibility index (Phi) is 2.69. The molecule has 0 saturated carbocycles. The maximum Gasteiger partial charge on any atom is 0.195 e. The predicted molar refractivity (Wildman–Crippen MR) is 80.2 cm³/mol. The van der Waals surface area contributed by atoms with Crippen molar-refractivity contribution in [2.75, 3.05) is 0 Å². The Hall–Kier alpha value is -1.97. The molecule has 2 nitrogen and oxygen atoms in total. The first-order valence-corrected chi connectivity index (χ1v) is 7.48. The second-order valence-corrected chi connectivity index (χ2v) is 5.70. The van der Waals surface area contributed by atoms with E-state index in [4.69, 9.17) is 4.74 Å². The summed E-state index contributed by atoms with van der Waals surface area (Å²) < 4.78 is 5.65. The zero-order valence-corrected chi connectivity index (χ0v) is 11.5. The van der Waals surface area contributed by atoms with E-state index in [1.807, 2.05) is 41.1 Å². The molecule has 0 radical (unpaired) electrons. The molecule has 2 aromatic carbocycles. The lowest BCUT2D eigenvalue weighted by Gasteiger charge is -2.03. The monoisotopic (exact) mass is 280 g/mol. The largest absolute Gasteiger partial charge is 0.356 e. The molecule has 98 valence electrons. The lowest BCUT2D eigenvalue weighted by atomic mass is 9.99. The number of ketones is 1. The molecule has 1 saturated heterocycles. The minimum absolute atomic E-state index is 0.0872. The summed E-state index contributed by atoms with van der Waals surface area (Å²) in [6.07, 6.45) is -0.427. The molecule has 0 N–H and O–H groups in total. The zero-order chi connectivity index (χ0) is 13.5. The van der Waals surface area contributed by atoms with Crippen LogP contribution in [0.1, 0.15) is 22.0 Å². The molecule has 0 amide bonds. The summed E-state index contributed by atoms with van der Waals surface area (Å²) in [6.45, 7) is 0. The van der Waals surface area contributed by atoms with Crippen molar-refractivity contribution in [1.29, 1.82) is 0 Å². The van der Waals surface area contributed by atoms with Crippen LogP contribution >= 0.6 is 11.3 Å². The van der Waals surface area contributed by atoms with E-state index in [1.165, 1.54) is 22.1 Å². The Morgan fingerprint density at radius 2 is 1.90 bits per heavy atom. The molecule has 20 heavy (non-hydrogen) atoms. The van der Waals surface area contributed by atoms with Gasteiger partial charge in [0.15, 0.2) is 11.9 Å². The van der Waals surface area contributed by atoms with Crippen LogP contribution in [0.25, 0.3) is 10.8 Å². The molecule has 2 atom stereocenters. The topological polar surface area (TPSA) is 29.6 Å². The normalized spacial score (nSPS) is 21.0. The Bertz CT molecular complexity index is 771. The number of rotatable bonds is 3. The van der Waals surface area contributed by atoms with Crippen LogP contribution in [0, 0.1) is 0 Å². The standard InChI is InChI=1S/C17H12O2S/c18-15(12-8-9-20-10-12)17-16(19-17)14-7-3-5-11-4-1-2-6-13(11)14/h1-10,16-17H/t16-,17-/m0/s1. The van der Waals surface area contributed by atoms with Gasteiger partial charge in [-0.1, -0.05) is 42.5 Å². The van der Waals surface area contributed by atoms with Gasteiger partial charge in [-0.25, -0.2) is 0 Å². The van der Waals surface area contributed by atoms with Gasteiger partial charge >= 0.3 is 0 Å². The summed E-state index contributed by atoms with van der Waals surface area (Å²) in [4.78, 5) is 12.3. The van der Waals surface area contributed by atoms with E-state index < -0.39 is 0 Å². The Labute approximate surface area is 120 Å². The quantitative estimate of drug-likeness (QED) is 0.531. The summed E-state index contributed by atoms with van der Waals surface area (Å²) in [5, 5.41) is 6.15. The van der Waals surface area contributed by atoms with Gasteiger partial charge in [0.25, 0.3) is 0 Å². The van der Waals surface area contributed by atoms with Crippen LogP contribution in [-0.4, -0.2) is 11.9 Å². The molecule has 4 rings (SSSR count). The van der Waals surface area contributed by atoms with Gasteiger partial charge < -0.3 is 4.74 Å². The van der Waals surface area contributed by atoms with Gasteiger partial charge in [0.2, 0.25) is 0 Å². The summed E-state index contributed by atoms with van der Waals surface area (Å²) in [5.41, 5.74) is 1.86. The molecular weight excluding hydrogens is 268 g/mol. The first-order valence-electron chi connectivity index (χ1n) is 6.54. The summed E-state index contributed by atoms with van der Waals surface area (Å²) >= 11 is 1.54. The van der Waals surface area contributed by atoms with E-state index in [2.05, 4.69) is 18.2 Å². The minimum atomic E-state index is -0.324. The number of thiophene rings is 1. The van der Waals surface area contributed by atoms with Crippen LogP contribution in [0.15, 0.2) is 59.3 Å². The average molecular weight is 280 g/mol. The number of ether oxygens (including phenoxy) is 1. The second kappa shape index (κ2) is 4.54. The van der Waals surface area contributed by atoms with Crippen molar-refractivity contribution in [3.63, 3.8) is 0 Å². The molecule has 0 unspecified atom stereocenters. The number of Topliss-reactive ketones (excluding diaryl/α,β-unsaturated/α-hetero) is 1. The van der Waals surface area contributed by atoms with Crippen LogP contribution in [0.2, 0.25) is 0 Å². The minimum Gasteiger partial charge on any atom is -0.356 e. The van der Waals surface area contributed by atoms with Crippen molar-refractivity contribution in [2.45, 2.75) is 12.2 Å². The van der Waals surface area contributed by atoms with Crippen LogP contribution in [0.3, 0.4) is 0 Å². The van der Waals surface area contributed by atoms with Crippen molar-refractivity contribution in [3.05, 3.63) is 70.4 Å². The third-order valence-electron chi connectivity index (χ3n) is 3.69. The average Bonchev–Trinajstić information content (AvgIpc) is 3.09. The SMILES string of the molecule is O=C(c1ccsc1)[C@@H]1O[C@H]1c1cccc2ccccc12. The molecule has 3 aromatic rings. The van der Waals surface area contributed by atoms with E-state index in [-0.39, 0.29) is 18.0 Å². The van der Waals surface area contributed by atoms with E-state index in [9.17, 15) is 4.79 Å². The molecule has 1 aliphatic rings. The third-order valence-corrected chi connectivity index (χ3v) is 4.37. The van der Waals surface area contributed by atoms with Gasteiger partial charge in [-0.2, -0.15) is 11.3 Å². The molecule has 0 bridgehead atoms. The van der Waals surface area contributed by atoms with E-state index in [0.29, 0.717) is 0 Å². The highest BCUT2D eigenvalue weighted by Gasteiger charge is 2.46. The summed E-state index contributed by atoms with van der Waals surface area (Å²) in [7, 11) is 0. The van der Waals surface area contributed by atoms with Crippen LogP contribution in [0.4, 0.5) is 0 Å². The second-order valence-electron chi connectivity index (χ2n) is 4.92. The lowest BCUT2D eigenvalue weighted by Crippen LogP contribution is -2.06. The maximum absolute atomic E-state index is 12.3. The maximum atomic E-state index is 12.3. The molecule has 0 spiro atoms. The van der Waals surface area contributed by atoms with Crippen molar-refractivity contribution in [2.24, 2.45) is 0 Å². The van der Waals surface area contributed by atoms with Gasteiger partial charge in [0.1, 0.15) is 6.10 Å². The predicted octanol–water partition coefficient (Wildman–Crippen LogP) is 4.22. The summed E-state index contributed by atoms with van der Waals surface area (Å²) in [6, 6.07) is 16.2. The van der Waals surface area contributed by atoms with E-state index in [1.54, 1.807) is 0 Å². The highest BCUT2D eigenvalue weighted by atomic mass is 32.1. The first-order chi connectivity index (χ1) is 9.84. The van der Waals surface area contributed by atoms with E-state index in [0.717, 1.165) is 11.1 Å². The molecule has 1 aromatic heterocycles. The first kappa shape index (κ1) is 11.8. The van der Waals surface area contributed by atoms with Crippen molar-refractivity contribution in [1.82, 2.24) is 0 Å². The Morgan fingerprint density at radius 1 is 1.05 bits per heavy atom. The Balaban J connectivity index is 1.68. The van der Waals surface area contributed by atoms with Crippen LogP contribution in [0.5, 0.6) is 0 Å². The van der Waals surface area contributed by atoms with Gasteiger partial charge in [-0.15, -0.1) is 0 Å². The molecule has 0 aliphatic carbocycles. The number of epoxide rings is 1. The van der Waals surface area contributed by atoms with Gasteiger partial charge in [-0.3, -0.25) is 4.79 Å². The number of fused-ring (bicyclic) bond motifs is 1. The number of carbonyl (C=O) groups is 1. The molecule has 1 fully saturated rings. The fraction of sp³-hybridized carbons (Fsp3) is 0.118. The van der Waals surface area contributed by atoms with Crippen molar-refractivity contribution >= 4 is 27.9 Å². The summed E-state index contributed by atoms with van der Waals surface area (Å²) in [5.74, 6) is 0.0872. The number of hydrogen-bond acceptors (Lipinski definition) is 3. The van der Waals surface area contributed by atoms with Crippen LogP contribution in [-0.2, 0) is 4.74 Å². The third kappa shape index (κ3) is 1.87. The number of hydrogen-bond donors (Lipinski definition) is 0. The molecule has 2 heterocycles. The van der Waals surface area contributed by atoms with Crippen molar-refractivity contribution < 1.29 is 9.53 Å². The highest BCUT2D eigenvalue weighted by Crippen LogP contribution is 2.43. The van der Waals surface area contributed by atoms with E-state index >= 15 is 0 Å². The smallest absolute Gasteiger partial charge is 0.195 e. The number of carbonyl (C=O) groups excluding carboxylic acids is 1. The van der Waals surface area contributed by atoms with Gasteiger partial charge in [0.05, 0.1) is 0 Å². The zero-order valence-electron chi connectivity index (χ0n) is 10.7. The van der Waals surface area contributed by atoms with Crippen LogP contribution < -0.4 is 0 Å². The number of benzene rings is 2. The molecule has 3 heteroatoms. The van der Waals surface area contributed by atoms with Gasteiger partial charge in [-0.05, 0) is 27.8 Å².